The van der Waals surface area contributed by atoms with E-state index in [4.69, 9.17) is 4.11 Å². The van der Waals surface area contributed by atoms with Crippen LogP contribution in [-0.4, -0.2) is 6.71 Å². The summed E-state index contributed by atoms with van der Waals surface area (Å²) in [7, 11) is 0. The first kappa shape index (κ1) is 49.8. The Labute approximate surface area is 498 Å². The van der Waals surface area contributed by atoms with Crippen LogP contribution in [0.25, 0.3) is 21.2 Å². The Hall–Kier alpha value is -6.82. The molecule has 5 aliphatic rings. The molecule has 1 aromatic heterocycles. The molecule has 82 heavy (non-hydrogen) atoms. The van der Waals surface area contributed by atoms with Gasteiger partial charge in [-0.25, -0.2) is 0 Å². The van der Waals surface area contributed by atoms with E-state index in [9.17, 15) is 0 Å². The maximum atomic E-state index is 9.13. The Kier molecular flexibility index (Phi) is 11.3. The van der Waals surface area contributed by atoms with Crippen LogP contribution >= 0.6 is 11.3 Å². The van der Waals surface area contributed by atoms with E-state index in [0.717, 1.165) is 65.4 Å². The molecule has 3 heterocycles. The fourth-order valence-corrected chi connectivity index (χ4v) is 16.7. The first-order chi connectivity index (χ1) is 40.2. The summed E-state index contributed by atoms with van der Waals surface area (Å²) in [6.07, 6.45) is 6.82. The molecule has 9 aromatic rings. The minimum atomic E-state index is -2.39. The van der Waals surface area contributed by atoms with Gasteiger partial charge in [-0.3, -0.25) is 0 Å². The summed E-state index contributed by atoms with van der Waals surface area (Å²) >= 11 is 2.02. The summed E-state index contributed by atoms with van der Waals surface area (Å²) in [4.78, 5) is 7.57. The third kappa shape index (κ3) is 8.24. The van der Waals surface area contributed by atoms with Crippen LogP contribution in [0.1, 0.15) is 189 Å². The third-order valence-electron chi connectivity index (χ3n) is 20.6. The molecule has 5 heteroatoms. The van der Waals surface area contributed by atoms with Gasteiger partial charge in [0.05, 0.1) is 17.1 Å². The fraction of sp³-hybridized carbons (Fsp3) is 0.351. The van der Waals surface area contributed by atoms with Gasteiger partial charge >= 0.3 is 0 Å². The Balaban J connectivity index is 1.19. The zero-order valence-electron chi connectivity index (χ0n) is 53.7. The van der Waals surface area contributed by atoms with Crippen LogP contribution in [0, 0.1) is 6.85 Å². The van der Waals surface area contributed by atoms with E-state index in [1.807, 2.05) is 29.5 Å². The van der Waals surface area contributed by atoms with Crippen molar-refractivity contribution in [2.45, 2.75) is 174 Å². The molecule has 414 valence electrons. The SMILES string of the molecule is [2H]C([2H])([2H])c1ccccc1N(c1ccccc1)c1cc2c3c(c1)N(c1ccc4c(c1)C(C)(C)CCC4(C)C)c1c(sc4cc5c(cc14)C(C)CCC5C)B3c1cc3c(cc1N2c1ccc(C(C)(C)C)cc1-c1ccccc1)C(C)(C)CCC3(C)C. The molecule has 0 amide bonds. The highest BCUT2D eigenvalue weighted by molar-refractivity contribution is 7.33. The van der Waals surface area contributed by atoms with E-state index in [-0.39, 0.29) is 33.8 Å². The molecule has 0 fully saturated rings. The number of thiophene rings is 1. The van der Waals surface area contributed by atoms with E-state index >= 15 is 0 Å². The molecule has 0 saturated carbocycles. The molecule has 3 nitrogen and oxygen atoms in total. The summed E-state index contributed by atoms with van der Waals surface area (Å²) in [5, 5.41) is 1.31. The third-order valence-corrected chi connectivity index (χ3v) is 21.8. The summed E-state index contributed by atoms with van der Waals surface area (Å²) in [5.41, 5.74) is 24.3. The lowest BCUT2D eigenvalue weighted by molar-refractivity contribution is 0.332. The largest absolute Gasteiger partial charge is 0.311 e. The predicted octanol–water partition coefficient (Wildman–Crippen LogP) is 20.4. The number of aryl methyl sites for hydroxylation is 1. The number of hydrogen-bond acceptors (Lipinski definition) is 4. The Morgan fingerprint density at radius 2 is 1.13 bits per heavy atom. The molecule has 3 aliphatic carbocycles. The van der Waals surface area contributed by atoms with Crippen LogP contribution in [0.5, 0.6) is 0 Å². The minimum Gasteiger partial charge on any atom is -0.311 e. The lowest BCUT2D eigenvalue weighted by atomic mass is 9.35. The first-order valence-electron chi connectivity index (χ1n) is 32.1. The summed E-state index contributed by atoms with van der Waals surface area (Å²) < 4.78 is 30.1. The van der Waals surface area contributed by atoms with Gasteiger partial charge in [0.25, 0.3) is 6.71 Å². The quantitative estimate of drug-likeness (QED) is 0.154. The van der Waals surface area contributed by atoms with Crippen LogP contribution in [0.2, 0.25) is 0 Å². The minimum absolute atomic E-state index is 0.0264. The summed E-state index contributed by atoms with van der Waals surface area (Å²) in [6, 6.07) is 59.3. The van der Waals surface area contributed by atoms with E-state index in [2.05, 4.69) is 238 Å². The lowest BCUT2D eigenvalue weighted by Crippen LogP contribution is -2.61. The Morgan fingerprint density at radius 1 is 0.549 bits per heavy atom. The van der Waals surface area contributed by atoms with Crippen molar-refractivity contribution < 1.29 is 4.11 Å². The van der Waals surface area contributed by atoms with Gasteiger partial charge in [0.15, 0.2) is 0 Å². The Bertz CT molecular complexity index is 4180. The van der Waals surface area contributed by atoms with E-state index in [0.29, 0.717) is 23.1 Å². The standard InChI is InChI=1S/C77H82BN3S/c1-47-29-30-48(2)56-44-69-58(43-55(47)56)71-72(82-69)78-63-45-61-62(77(13,14)38-37-76(61,11)12)46-66(63)81(65-34-31-51(73(4,5)6)39-57(65)50-24-17-15-18-25-50)68-42-54(79(52-26-19-16-20-27-52)64-28-22-21-23-49(64)3)41-67(70(68)78)80(71)53-32-33-59-60(40-53)75(9,10)36-35-74(59,7)8/h15-28,31-34,39-48H,29-30,35-38H2,1-14H3/i3D3. The van der Waals surface area contributed by atoms with Crippen LogP contribution in [0.4, 0.5) is 51.2 Å². The first-order valence-corrected chi connectivity index (χ1v) is 31.4. The van der Waals surface area contributed by atoms with Crippen molar-refractivity contribution in [2.75, 3.05) is 14.7 Å². The normalized spacial score (nSPS) is 20.3. The summed E-state index contributed by atoms with van der Waals surface area (Å²) in [6.45, 7) is 29.0. The van der Waals surface area contributed by atoms with Gasteiger partial charge in [0.1, 0.15) is 0 Å². The van der Waals surface area contributed by atoms with Gasteiger partial charge in [-0.2, -0.15) is 0 Å². The maximum absolute atomic E-state index is 9.13. The van der Waals surface area contributed by atoms with E-state index in [1.54, 1.807) is 6.07 Å². The molecule has 0 saturated heterocycles. The molecular weight excluding hydrogens is 1010 g/mol. The highest BCUT2D eigenvalue weighted by atomic mass is 32.1. The number of hydrogen-bond donors (Lipinski definition) is 0. The van der Waals surface area contributed by atoms with Crippen LogP contribution in [-0.2, 0) is 27.1 Å². The number of anilines is 9. The molecule has 0 radical (unpaired) electrons. The molecule has 0 N–H and O–H groups in total. The fourth-order valence-electron chi connectivity index (χ4n) is 15.4. The van der Waals surface area contributed by atoms with E-state index < -0.39 is 6.85 Å². The van der Waals surface area contributed by atoms with E-state index in [1.165, 1.54) is 94.5 Å². The van der Waals surface area contributed by atoms with Crippen molar-refractivity contribution in [1.29, 1.82) is 0 Å². The predicted molar refractivity (Wildman–Crippen MR) is 356 cm³/mol. The number of nitrogens with zero attached hydrogens (tertiary/aromatic N) is 3. The van der Waals surface area contributed by atoms with Crippen molar-refractivity contribution >= 4 is 95.0 Å². The average Bonchev–Trinajstić information content (AvgIpc) is 1.75. The zero-order chi connectivity index (χ0) is 59.7. The Morgan fingerprint density at radius 3 is 1.79 bits per heavy atom. The lowest BCUT2D eigenvalue weighted by Gasteiger charge is -2.48. The molecule has 2 atom stereocenters. The average molecular weight is 1100 g/mol. The molecule has 2 aliphatic heterocycles. The molecule has 2 unspecified atom stereocenters. The van der Waals surface area contributed by atoms with Gasteiger partial charge in [0, 0.05) is 58.7 Å². The molecule has 0 spiro atoms. The van der Waals surface area contributed by atoms with Crippen LogP contribution in [0.3, 0.4) is 0 Å². The second-order valence-electron chi connectivity index (χ2n) is 28.9. The van der Waals surface area contributed by atoms with Crippen molar-refractivity contribution in [2.24, 2.45) is 0 Å². The van der Waals surface area contributed by atoms with Gasteiger partial charge in [-0.05, 0) is 218 Å². The van der Waals surface area contributed by atoms with Crippen molar-refractivity contribution in [3.8, 4) is 11.1 Å². The molecular formula is C77H82BN3S. The number of benzene rings is 8. The highest BCUT2D eigenvalue weighted by Crippen LogP contribution is 2.57. The maximum Gasteiger partial charge on any atom is 0.264 e. The van der Waals surface area contributed by atoms with Gasteiger partial charge in [-0.1, -0.05) is 175 Å². The smallest absolute Gasteiger partial charge is 0.264 e. The topological polar surface area (TPSA) is 9.72 Å². The van der Waals surface area contributed by atoms with Gasteiger partial charge in [0.2, 0.25) is 0 Å². The zero-order valence-corrected chi connectivity index (χ0v) is 51.6. The highest BCUT2D eigenvalue weighted by Gasteiger charge is 2.49. The molecule has 14 rings (SSSR count). The number of para-hydroxylation sites is 2. The van der Waals surface area contributed by atoms with Crippen LogP contribution < -0.4 is 30.4 Å². The number of rotatable bonds is 6. The van der Waals surface area contributed by atoms with Gasteiger partial charge < -0.3 is 14.7 Å². The van der Waals surface area contributed by atoms with Crippen LogP contribution in [0.15, 0.2) is 158 Å². The number of fused-ring (bicyclic) bond motifs is 9. The second kappa shape index (κ2) is 18.6. The van der Waals surface area contributed by atoms with Gasteiger partial charge in [-0.15, -0.1) is 11.3 Å². The van der Waals surface area contributed by atoms with Crippen molar-refractivity contribution in [3.05, 3.63) is 202 Å². The molecule has 8 aromatic carbocycles. The summed E-state index contributed by atoms with van der Waals surface area (Å²) in [5.74, 6) is 0.928. The second-order valence-corrected chi connectivity index (χ2v) is 30.0. The van der Waals surface area contributed by atoms with Crippen molar-refractivity contribution in [3.63, 3.8) is 0 Å². The monoisotopic (exact) mass is 1090 g/mol. The van der Waals surface area contributed by atoms with Crippen molar-refractivity contribution in [1.82, 2.24) is 0 Å². The molecule has 0 bridgehead atoms.